The van der Waals surface area contributed by atoms with Gasteiger partial charge in [0, 0.05) is 19.7 Å². The van der Waals surface area contributed by atoms with Gasteiger partial charge >= 0.3 is 0 Å². The molecule has 1 aromatic carbocycles. The van der Waals surface area contributed by atoms with E-state index in [0.29, 0.717) is 5.82 Å². The highest BCUT2D eigenvalue weighted by molar-refractivity contribution is 5.48. The molecule has 20 heavy (non-hydrogen) atoms. The molecule has 0 amide bonds. The van der Waals surface area contributed by atoms with Crippen molar-refractivity contribution in [1.82, 2.24) is 9.97 Å². The summed E-state index contributed by atoms with van der Waals surface area (Å²) in [7, 11) is 1.98. The summed E-state index contributed by atoms with van der Waals surface area (Å²) in [5.74, 6) is 1.48. The van der Waals surface area contributed by atoms with E-state index in [9.17, 15) is 0 Å². The van der Waals surface area contributed by atoms with Gasteiger partial charge in [-0.1, -0.05) is 29.8 Å². The Hall–Kier alpha value is -2.61. The molecule has 0 radical (unpaired) electrons. The van der Waals surface area contributed by atoms with E-state index < -0.39 is 0 Å². The number of aromatic nitrogens is 2. The van der Waals surface area contributed by atoms with E-state index in [4.69, 9.17) is 5.26 Å². The lowest BCUT2D eigenvalue weighted by molar-refractivity contribution is 0.890. The van der Waals surface area contributed by atoms with E-state index in [-0.39, 0.29) is 6.54 Å². The molecule has 0 unspecified atom stereocenters. The van der Waals surface area contributed by atoms with E-state index in [2.05, 4.69) is 46.5 Å². The van der Waals surface area contributed by atoms with Crippen LogP contribution in [0.5, 0.6) is 0 Å². The lowest BCUT2D eigenvalue weighted by Crippen LogP contribution is -2.18. The standard InChI is InChI=1S/C15H17N5/c1-12-3-5-13(6-4-12)10-20(2)15-9-14(17-8-7-16)18-11-19-15/h3-6,9,11H,8,10H2,1-2H3,(H,17,18,19). The van der Waals surface area contributed by atoms with Crippen molar-refractivity contribution < 1.29 is 0 Å². The van der Waals surface area contributed by atoms with Gasteiger partial charge < -0.3 is 10.2 Å². The Balaban J connectivity index is 2.06. The summed E-state index contributed by atoms with van der Waals surface area (Å²) in [6.07, 6.45) is 1.50. The van der Waals surface area contributed by atoms with Crippen LogP contribution in [0.4, 0.5) is 11.6 Å². The van der Waals surface area contributed by atoms with Gasteiger partial charge in [-0.2, -0.15) is 5.26 Å². The van der Waals surface area contributed by atoms with Crippen LogP contribution in [-0.2, 0) is 6.54 Å². The van der Waals surface area contributed by atoms with Crippen LogP contribution in [0.3, 0.4) is 0 Å². The van der Waals surface area contributed by atoms with Gasteiger partial charge in [-0.3, -0.25) is 0 Å². The van der Waals surface area contributed by atoms with Crippen LogP contribution in [-0.4, -0.2) is 23.6 Å². The molecule has 0 saturated carbocycles. The molecule has 0 aliphatic heterocycles. The number of nitrogens with one attached hydrogen (secondary N) is 1. The van der Waals surface area contributed by atoms with Crippen LogP contribution >= 0.6 is 0 Å². The second kappa shape index (κ2) is 6.53. The Morgan fingerprint density at radius 2 is 2.00 bits per heavy atom. The zero-order chi connectivity index (χ0) is 14.4. The molecule has 2 aromatic rings. The molecule has 2 rings (SSSR count). The predicted molar refractivity (Wildman–Crippen MR) is 79.4 cm³/mol. The maximum Gasteiger partial charge on any atom is 0.134 e. The van der Waals surface area contributed by atoms with Crippen molar-refractivity contribution in [2.75, 3.05) is 23.8 Å². The van der Waals surface area contributed by atoms with Gasteiger partial charge in [0.1, 0.15) is 24.5 Å². The predicted octanol–water partition coefficient (Wildman–Crippen LogP) is 2.36. The van der Waals surface area contributed by atoms with Crippen molar-refractivity contribution in [1.29, 1.82) is 5.26 Å². The molecule has 0 aliphatic rings. The van der Waals surface area contributed by atoms with Crippen molar-refractivity contribution in [2.24, 2.45) is 0 Å². The van der Waals surface area contributed by atoms with Crippen molar-refractivity contribution >= 4 is 11.6 Å². The summed E-state index contributed by atoms with van der Waals surface area (Å²) in [6.45, 7) is 3.08. The first-order chi connectivity index (χ1) is 9.69. The van der Waals surface area contributed by atoms with E-state index in [1.165, 1.54) is 17.5 Å². The van der Waals surface area contributed by atoms with Crippen molar-refractivity contribution in [3.63, 3.8) is 0 Å². The smallest absolute Gasteiger partial charge is 0.134 e. The molecule has 0 aliphatic carbocycles. The van der Waals surface area contributed by atoms with Crippen LogP contribution in [0.15, 0.2) is 36.7 Å². The molecule has 0 bridgehead atoms. The summed E-state index contributed by atoms with van der Waals surface area (Å²) in [6, 6.07) is 12.3. The summed E-state index contributed by atoms with van der Waals surface area (Å²) in [5, 5.41) is 11.5. The number of hydrogen-bond donors (Lipinski definition) is 1. The average Bonchev–Trinajstić information content (AvgIpc) is 2.48. The summed E-state index contributed by atoms with van der Waals surface area (Å²) >= 11 is 0. The van der Waals surface area contributed by atoms with E-state index in [0.717, 1.165) is 12.4 Å². The minimum Gasteiger partial charge on any atom is -0.357 e. The van der Waals surface area contributed by atoms with Crippen LogP contribution in [0.2, 0.25) is 0 Å². The second-order valence-corrected chi connectivity index (χ2v) is 4.61. The van der Waals surface area contributed by atoms with Crippen molar-refractivity contribution in [3.05, 3.63) is 47.8 Å². The Bertz CT molecular complexity index is 600. The van der Waals surface area contributed by atoms with Gasteiger partial charge in [-0.05, 0) is 12.5 Å². The summed E-state index contributed by atoms with van der Waals surface area (Å²) < 4.78 is 0. The molecule has 1 aromatic heterocycles. The summed E-state index contributed by atoms with van der Waals surface area (Å²) in [5.41, 5.74) is 2.48. The zero-order valence-corrected chi connectivity index (χ0v) is 11.7. The fraction of sp³-hybridized carbons (Fsp3) is 0.267. The number of benzene rings is 1. The molecule has 0 fully saturated rings. The van der Waals surface area contributed by atoms with E-state index >= 15 is 0 Å². The van der Waals surface area contributed by atoms with Crippen LogP contribution in [0.25, 0.3) is 0 Å². The maximum absolute atomic E-state index is 8.56. The quantitative estimate of drug-likeness (QED) is 0.842. The minimum atomic E-state index is 0.234. The Morgan fingerprint density at radius 1 is 1.25 bits per heavy atom. The van der Waals surface area contributed by atoms with Gasteiger partial charge in [0.25, 0.3) is 0 Å². The first-order valence-electron chi connectivity index (χ1n) is 6.38. The third-order valence-corrected chi connectivity index (χ3v) is 2.93. The monoisotopic (exact) mass is 267 g/mol. The number of rotatable bonds is 5. The molecular weight excluding hydrogens is 250 g/mol. The molecule has 102 valence electrons. The molecular formula is C15H17N5. The number of hydrogen-bond acceptors (Lipinski definition) is 5. The van der Waals surface area contributed by atoms with Crippen LogP contribution in [0, 0.1) is 18.3 Å². The first kappa shape index (κ1) is 13.8. The molecule has 1 N–H and O–H groups in total. The Labute approximate surface area is 118 Å². The lowest BCUT2D eigenvalue weighted by Gasteiger charge is -2.18. The highest BCUT2D eigenvalue weighted by atomic mass is 15.2. The molecule has 5 nitrogen and oxygen atoms in total. The topological polar surface area (TPSA) is 64.8 Å². The van der Waals surface area contributed by atoms with Crippen molar-refractivity contribution in [3.8, 4) is 6.07 Å². The zero-order valence-electron chi connectivity index (χ0n) is 11.7. The minimum absolute atomic E-state index is 0.234. The largest absolute Gasteiger partial charge is 0.357 e. The normalized spacial score (nSPS) is 9.85. The lowest BCUT2D eigenvalue weighted by atomic mass is 10.1. The second-order valence-electron chi connectivity index (χ2n) is 4.61. The van der Waals surface area contributed by atoms with Gasteiger partial charge in [0.2, 0.25) is 0 Å². The SMILES string of the molecule is Cc1ccc(CN(C)c2cc(NCC#N)ncn2)cc1. The molecule has 0 atom stereocenters. The number of anilines is 2. The van der Waals surface area contributed by atoms with Gasteiger partial charge in [-0.15, -0.1) is 0 Å². The van der Waals surface area contributed by atoms with Crippen molar-refractivity contribution in [2.45, 2.75) is 13.5 Å². The number of nitriles is 1. The first-order valence-corrected chi connectivity index (χ1v) is 6.38. The highest BCUT2D eigenvalue weighted by Crippen LogP contribution is 2.15. The Kier molecular flexibility index (Phi) is 4.51. The van der Waals surface area contributed by atoms with E-state index in [1.807, 2.05) is 24.1 Å². The maximum atomic E-state index is 8.56. The number of nitrogens with zero attached hydrogens (tertiary/aromatic N) is 4. The molecule has 1 heterocycles. The fourth-order valence-corrected chi connectivity index (χ4v) is 1.83. The molecule has 0 saturated heterocycles. The third-order valence-electron chi connectivity index (χ3n) is 2.93. The fourth-order valence-electron chi connectivity index (χ4n) is 1.83. The average molecular weight is 267 g/mol. The van der Waals surface area contributed by atoms with Crippen LogP contribution < -0.4 is 10.2 Å². The van der Waals surface area contributed by atoms with Gasteiger partial charge in [0.15, 0.2) is 0 Å². The third kappa shape index (κ3) is 3.69. The highest BCUT2D eigenvalue weighted by Gasteiger charge is 2.05. The number of aryl methyl sites for hydroxylation is 1. The Morgan fingerprint density at radius 3 is 2.70 bits per heavy atom. The van der Waals surface area contributed by atoms with Gasteiger partial charge in [-0.25, -0.2) is 9.97 Å². The molecule has 0 spiro atoms. The van der Waals surface area contributed by atoms with Gasteiger partial charge in [0.05, 0.1) is 6.07 Å². The van der Waals surface area contributed by atoms with E-state index in [1.54, 1.807) is 0 Å². The summed E-state index contributed by atoms with van der Waals surface area (Å²) in [4.78, 5) is 10.4. The molecule has 5 heteroatoms. The van der Waals surface area contributed by atoms with Crippen LogP contribution in [0.1, 0.15) is 11.1 Å².